The van der Waals surface area contributed by atoms with E-state index in [4.69, 9.17) is 28.4 Å². The highest BCUT2D eigenvalue weighted by atomic mass is 79.9. The molecule has 2 aliphatic heterocycles. The molecule has 2 aromatic rings. The summed E-state index contributed by atoms with van der Waals surface area (Å²) in [6.45, 7) is 6.57. The van der Waals surface area contributed by atoms with Crippen LogP contribution < -0.4 is 0 Å². The van der Waals surface area contributed by atoms with Gasteiger partial charge in [0.05, 0.1) is 32.5 Å². The Morgan fingerprint density at radius 3 is 1.92 bits per heavy atom. The van der Waals surface area contributed by atoms with E-state index < -0.39 is 61.4 Å². The van der Waals surface area contributed by atoms with Crippen molar-refractivity contribution < 1.29 is 54.0 Å². The molecule has 2 saturated heterocycles. The zero-order valence-corrected chi connectivity index (χ0v) is 31.3. The minimum Gasteiger partial charge on any atom is -0.387 e. The van der Waals surface area contributed by atoms with Crippen LogP contribution in [0, 0.1) is 17.8 Å². The molecular formula is C36H50Br2O11. The second-order valence-electron chi connectivity index (χ2n) is 13.9. The van der Waals surface area contributed by atoms with Gasteiger partial charge in [-0.25, -0.2) is 0 Å². The van der Waals surface area contributed by atoms with Crippen molar-refractivity contribution in [3.05, 3.63) is 68.6 Å². The Labute approximate surface area is 305 Å². The fraction of sp³-hybridized carbons (Fsp3) is 0.667. The molecule has 13 heteroatoms. The van der Waals surface area contributed by atoms with Crippen LogP contribution in [-0.4, -0.2) is 106 Å². The Morgan fingerprint density at radius 2 is 1.29 bits per heavy atom. The summed E-state index contributed by atoms with van der Waals surface area (Å²) in [4.78, 5) is 0. The molecule has 1 aliphatic carbocycles. The largest absolute Gasteiger partial charge is 0.387 e. The summed E-state index contributed by atoms with van der Waals surface area (Å²) in [6.07, 6.45) is -10.2. The fourth-order valence-corrected chi connectivity index (χ4v) is 7.36. The summed E-state index contributed by atoms with van der Waals surface area (Å²) in [6, 6.07) is 15.2. The van der Waals surface area contributed by atoms with Crippen molar-refractivity contribution in [2.75, 3.05) is 13.2 Å². The molecular weight excluding hydrogens is 768 g/mol. The molecule has 0 aromatic heterocycles. The monoisotopic (exact) mass is 816 g/mol. The van der Waals surface area contributed by atoms with E-state index in [-0.39, 0.29) is 38.4 Å². The number of aliphatic hydroxyl groups excluding tert-OH is 5. The van der Waals surface area contributed by atoms with E-state index in [2.05, 4.69) is 52.6 Å². The molecule has 11 nitrogen and oxygen atoms in total. The standard InChI is InChI=1S/C36H50Br2O11/c1-19(2)25-13-4-20(3)14-26(25)47-36-32(42)30(40)29(39)27(48-36)18-46-35-33(43)31(41)34(45-16-22-7-11-24(38)12-8-22)28(49-35)17-44-15-21-5-9-23(37)10-6-21/h5-12,19-20,25-36,39-43H,4,13-18H2,1-3H3/t20-,25+,26-,27-,28-,29-,30+,31-,32-,33-,34-,35-,36-/m1/s1. The first-order valence-electron chi connectivity index (χ1n) is 17.1. The average molecular weight is 819 g/mol. The molecule has 1 saturated carbocycles. The number of hydrogen-bond acceptors (Lipinski definition) is 11. The lowest BCUT2D eigenvalue weighted by molar-refractivity contribution is -0.342. The summed E-state index contributed by atoms with van der Waals surface area (Å²) in [7, 11) is 0. The van der Waals surface area contributed by atoms with E-state index in [1.165, 1.54) is 0 Å². The van der Waals surface area contributed by atoms with Gasteiger partial charge in [-0.15, -0.1) is 0 Å². The lowest BCUT2D eigenvalue weighted by Crippen LogP contribution is -2.62. The minimum atomic E-state index is -1.55. The van der Waals surface area contributed by atoms with E-state index in [0.717, 1.165) is 39.3 Å². The lowest BCUT2D eigenvalue weighted by Gasteiger charge is -2.45. The smallest absolute Gasteiger partial charge is 0.186 e. The van der Waals surface area contributed by atoms with Gasteiger partial charge in [-0.1, -0.05) is 83.3 Å². The molecule has 0 amide bonds. The molecule has 0 radical (unpaired) electrons. The molecule has 2 aromatic carbocycles. The second-order valence-corrected chi connectivity index (χ2v) is 15.7. The molecule has 3 aliphatic rings. The molecule has 274 valence electrons. The Bertz CT molecular complexity index is 1280. The summed E-state index contributed by atoms with van der Waals surface area (Å²) < 4.78 is 38.3. The van der Waals surface area contributed by atoms with E-state index in [0.29, 0.717) is 11.8 Å². The Kier molecular flexibility index (Phi) is 14.5. The molecule has 5 rings (SSSR count). The molecule has 2 heterocycles. The molecule has 13 atom stereocenters. The van der Waals surface area contributed by atoms with Gasteiger partial charge >= 0.3 is 0 Å². The van der Waals surface area contributed by atoms with Crippen LogP contribution in [0.25, 0.3) is 0 Å². The Hall–Kier alpha value is -1.04. The zero-order valence-electron chi connectivity index (χ0n) is 28.1. The van der Waals surface area contributed by atoms with Crippen molar-refractivity contribution in [2.45, 2.75) is 121 Å². The van der Waals surface area contributed by atoms with E-state index in [1.807, 2.05) is 48.5 Å². The first-order chi connectivity index (χ1) is 23.4. The summed E-state index contributed by atoms with van der Waals surface area (Å²) in [5.41, 5.74) is 1.80. The predicted molar refractivity (Wildman–Crippen MR) is 186 cm³/mol. The molecule has 5 N–H and O–H groups in total. The van der Waals surface area contributed by atoms with Crippen LogP contribution in [0.2, 0.25) is 0 Å². The third-order valence-corrected chi connectivity index (χ3v) is 10.9. The van der Waals surface area contributed by atoms with Crippen LogP contribution in [0.4, 0.5) is 0 Å². The van der Waals surface area contributed by atoms with E-state index in [1.54, 1.807) is 0 Å². The highest BCUT2D eigenvalue weighted by Crippen LogP contribution is 2.37. The van der Waals surface area contributed by atoms with Crippen molar-refractivity contribution in [3.63, 3.8) is 0 Å². The maximum atomic E-state index is 11.3. The van der Waals surface area contributed by atoms with Gasteiger partial charge < -0.3 is 54.0 Å². The van der Waals surface area contributed by atoms with Crippen molar-refractivity contribution >= 4 is 31.9 Å². The first kappa shape index (κ1) is 39.2. The molecule has 0 unspecified atom stereocenters. The van der Waals surface area contributed by atoms with Gasteiger partial charge in [0, 0.05) is 8.95 Å². The van der Waals surface area contributed by atoms with Gasteiger partial charge in [0.15, 0.2) is 12.6 Å². The van der Waals surface area contributed by atoms with Crippen LogP contribution in [-0.2, 0) is 41.6 Å². The number of benzene rings is 2. The van der Waals surface area contributed by atoms with Gasteiger partial charge in [-0.3, -0.25) is 0 Å². The fourth-order valence-electron chi connectivity index (χ4n) is 6.83. The van der Waals surface area contributed by atoms with Gasteiger partial charge in [-0.05, 0) is 66.0 Å². The van der Waals surface area contributed by atoms with Crippen LogP contribution in [0.15, 0.2) is 57.5 Å². The molecule has 0 bridgehead atoms. The highest BCUT2D eigenvalue weighted by molar-refractivity contribution is 9.10. The first-order valence-corrected chi connectivity index (χ1v) is 18.7. The van der Waals surface area contributed by atoms with Crippen molar-refractivity contribution in [2.24, 2.45) is 17.8 Å². The van der Waals surface area contributed by atoms with E-state index in [9.17, 15) is 25.5 Å². The van der Waals surface area contributed by atoms with Crippen LogP contribution >= 0.6 is 31.9 Å². The van der Waals surface area contributed by atoms with Crippen molar-refractivity contribution in [1.29, 1.82) is 0 Å². The maximum absolute atomic E-state index is 11.3. The normalized spacial score (nSPS) is 37.0. The van der Waals surface area contributed by atoms with Crippen LogP contribution in [0.3, 0.4) is 0 Å². The molecule has 3 fully saturated rings. The van der Waals surface area contributed by atoms with Gasteiger partial charge in [0.25, 0.3) is 0 Å². The number of ether oxygens (including phenoxy) is 6. The highest BCUT2D eigenvalue weighted by Gasteiger charge is 2.49. The molecule has 0 spiro atoms. The SMILES string of the molecule is CC(C)[C@@H]1CC[C@@H](C)C[C@H]1O[C@@H]1O[C@H](CO[C@@H]2O[C@H](COCc3ccc(Br)cc3)[C@@H](OCc3ccc(Br)cc3)[C@H](O)[C@H]2O)[C@@H](O)[C@H](O)[C@H]1O. The summed E-state index contributed by atoms with van der Waals surface area (Å²) in [5, 5.41) is 54.7. The second kappa shape index (κ2) is 18.1. The maximum Gasteiger partial charge on any atom is 0.186 e. The van der Waals surface area contributed by atoms with Crippen molar-refractivity contribution in [3.8, 4) is 0 Å². The third kappa shape index (κ3) is 10.3. The van der Waals surface area contributed by atoms with Crippen LogP contribution in [0.5, 0.6) is 0 Å². The predicted octanol–water partition coefficient (Wildman–Crippen LogP) is 4.06. The minimum absolute atomic E-state index is 0.0188. The zero-order chi connectivity index (χ0) is 35.2. The number of rotatable bonds is 13. The third-order valence-electron chi connectivity index (χ3n) is 9.82. The van der Waals surface area contributed by atoms with Gasteiger partial charge in [0.1, 0.15) is 48.8 Å². The topological polar surface area (TPSA) is 157 Å². The number of halogens is 2. The summed E-state index contributed by atoms with van der Waals surface area (Å²) >= 11 is 6.85. The molecule has 49 heavy (non-hydrogen) atoms. The van der Waals surface area contributed by atoms with Crippen molar-refractivity contribution in [1.82, 2.24) is 0 Å². The quantitative estimate of drug-likeness (QED) is 0.199. The number of hydrogen-bond donors (Lipinski definition) is 5. The van der Waals surface area contributed by atoms with Gasteiger partial charge in [0.2, 0.25) is 0 Å². The lowest BCUT2D eigenvalue weighted by atomic mass is 9.75. The Morgan fingerprint density at radius 1 is 0.694 bits per heavy atom. The van der Waals surface area contributed by atoms with Crippen LogP contribution in [0.1, 0.15) is 51.2 Å². The Balaban J connectivity index is 1.24. The summed E-state index contributed by atoms with van der Waals surface area (Å²) in [5.74, 6) is 1.07. The van der Waals surface area contributed by atoms with Gasteiger partial charge in [-0.2, -0.15) is 0 Å². The average Bonchev–Trinajstić information content (AvgIpc) is 3.07. The number of aliphatic hydroxyl groups is 5. The van der Waals surface area contributed by atoms with E-state index >= 15 is 0 Å².